The molecule has 1 amide bonds. The fourth-order valence-corrected chi connectivity index (χ4v) is 2.20. The second-order valence-corrected chi connectivity index (χ2v) is 5.66. The van der Waals surface area contributed by atoms with Crippen LogP contribution in [0.1, 0.15) is 63.0 Å². The molecule has 0 bridgehead atoms. The second-order valence-electron chi connectivity index (χ2n) is 5.66. The van der Waals surface area contributed by atoms with Crippen molar-refractivity contribution in [1.29, 1.82) is 0 Å². The predicted molar refractivity (Wildman–Crippen MR) is 91.2 cm³/mol. The van der Waals surface area contributed by atoms with E-state index < -0.39 is 0 Å². The lowest BCUT2D eigenvalue weighted by atomic mass is 10.1. The highest BCUT2D eigenvalue weighted by atomic mass is 16.1. The van der Waals surface area contributed by atoms with Crippen LogP contribution in [-0.4, -0.2) is 12.5 Å². The van der Waals surface area contributed by atoms with Gasteiger partial charge in [0.2, 0.25) is 5.91 Å². The lowest BCUT2D eigenvalue weighted by molar-refractivity contribution is -0.116. The topological polar surface area (TPSA) is 29.1 Å². The van der Waals surface area contributed by atoms with Crippen molar-refractivity contribution < 1.29 is 4.79 Å². The fraction of sp³-hybridized carbons (Fsp3) is 0.526. The van der Waals surface area contributed by atoms with E-state index >= 15 is 0 Å². The highest BCUT2D eigenvalue weighted by molar-refractivity contribution is 5.91. The molecule has 0 radical (unpaired) electrons. The Balaban J connectivity index is 2.07. The zero-order chi connectivity index (χ0) is 15.3. The minimum atomic E-state index is 0.00144. The van der Waals surface area contributed by atoms with Gasteiger partial charge in [-0.05, 0) is 25.0 Å². The highest BCUT2D eigenvalue weighted by Crippen LogP contribution is 2.06. The largest absolute Gasteiger partial charge is 0.353 e. The van der Waals surface area contributed by atoms with Crippen molar-refractivity contribution in [2.45, 2.75) is 58.8 Å². The van der Waals surface area contributed by atoms with Crippen LogP contribution in [0.25, 0.3) is 6.08 Å². The van der Waals surface area contributed by atoms with Gasteiger partial charge in [-0.3, -0.25) is 4.79 Å². The molecule has 0 spiro atoms. The first-order valence-corrected chi connectivity index (χ1v) is 8.25. The highest BCUT2D eigenvalue weighted by Gasteiger charge is 1.95. The van der Waals surface area contributed by atoms with E-state index in [1.165, 1.54) is 44.1 Å². The number of rotatable bonds is 10. The van der Waals surface area contributed by atoms with E-state index in [1.807, 2.05) is 18.2 Å². The third-order valence-corrected chi connectivity index (χ3v) is 3.58. The van der Waals surface area contributed by atoms with Crippen LogP contribution in [0.4, 0.5) is 0 Å². The normalized spacial score (nSPS) is 11.0. The van der Waals surface area contributed by atoms with E-state index in [4.69, 9.17) is 0 Å². The van der Waals surface area contributed by atoms with Crippen molar-refractivity contribution in [3.63, 3.8) is 0 Å². The molecule has 0 atom stereocenters. The van der Waals surface area contributed by atoms with Crippen molar-refractivity contribution in [2.75, 3.05) is 6.54 Å². The van der Waals surface area contributed by atoms with Gasteiger partial charge in [-0.25, -0.2) is 0 Å². The molecule has 0 aliphatic heterocycles. The fourth-order valence-electron chi connectivity index (χ4n) is 2.20. The van der Waals surface area contributed by atoms with Gasteiger partial charge in [0, 0.05) is 12.6 Å². The zero-order valence-electron chi connectivity index (χ0n) is 13.5. The Morgan fingerprint density at radius 3 is 2.29 bits per heavy atom. The first kappa shape index (κ1) is 17.5. The Kier molecular flexibility index (Phi) is 9.26. The molecule has 2 nitrogen and oxygen atoms in total. The van der Waals surface area contributed by atoms with Crippen LogP contribution in [0, 0.1) is 6.92 Å². The van der Waals surface area contributed by atoms with Crippen molar-refractivity contribution in [2.24, 2.45) is 0 Å². The van der Waals surface area contributed by atoms with Crippen LogP contribution in [0.5, 0.6) is 0 Å². The van der Waals surface area contributed by atoms with Gasteiger partial charge in [0.05, 0.1) is 0 Å². The first-order valence-electron chi connectivity index (χ1n) is 8.25. The van der Waals surface area contributed by atoms with Crippen molar-refractivity contribution in [3.8, 4) is 0 Å². The lowest BCUT2D eigenvalue weighted by Crippen LogP contribution is -2.21. The van der Waals surface area contributed by atoms with E-state index in [1.54, 1.807) is 6.08 Å². The van der Waals surface area contributed by atoms with Crippen LogP contribution >= 0.6 is 0 Å². The molecule has 1 N–H and O–H groups in total. The second kappa shape index (κ2) is 11.1. The summed E-state index contributed by atoms with van der Waals surface area (Å²) >= 11 is 0. The Morgan fingerprint density at radius 2 is 1.62 bits per heavy atom. The lowest BCUT2D eigenvalue weighted by Gasteiger charge is -2.02. The number of nitrogens with one attached hydrogen (secondary N) is 1. The Morgan fingerprint density at radius 1 is 1.00 bits per heavy atom. The van der Waals surface area contributed by atoms with Crippen molar-refractivity contribution >= 4 is 12.0 Å². The maximum Gasteiger partial charge on any atom is 0.243 e. The van der Waals surface area contributed by atoms with Gasteiger partial charge < -0.3 is 5.32 Å². The molecule has 0 saturated carbocycles. The number of hydrogen-bond donors (Lipinski definition) is 1. The van der Waals surface area contributed by atoms with E-state index in [0.29, 0.717) is 0 Å². The third kappa shape index (κ3) is 9.06. The molecule has 1 rings (SSSR count). The molecule has 116 valence electrons. The summed E-state index contributed by atoms with van der Waals surface area (Å²) in [5, 5.41) is 2.94. The van der Waals surface area contributed by atoms with E-state index in [9.17, 15) is 4.79 Å². The van der Waals surface area contributed by atoms with Crippen LogP contribution in [0.3, 0.4) is 0 Å². The molecule has 1 aromatic carbocycles. The van der Waals surface area contributed by atoms with Crippen molar-refractivity contribution in [1.82, 2.24) is 5.32 Å². The van der Waals surface area contributed by atoms with E-state index in [2.05, 4.69) is 31.3 Å². The number of carbonyl (C=O) groups excluding carboxylic acids is 1. The number of benzene rings is 1. The minimum Gasteiger partial charge on any atom is -0.353 e. The summed E-state index contributed by atoms with van der Waals surface area (Å²) in [5.41, 5.74) is 2.29. The predicted octanol–water partition coefficient (Wildman–Crippen LogP) is 4.88. The van der Waals surface area contributed by atoms with Gasteiger partial charge in [0.15, 0.2) is 0 Å². The van der Waals surface area contributed by atoms with Gasteiger partial charge >= 0.3 is 0 Å². The molecule has 0 saturated heterocycles. The third-order valence-electron chi connectivity index (χ3n) is 3.58. The van der Waals surface area contributed by atoms with Gasteiger partial charge in [-0.1, -0.05) is 75.3 Å². The van der Waals surface area contributed by atoms with E-state index in [-0.39, 0.29) is 5.91 Å². The van der Waals surface area contributed by atoms with Crippen molar-refractivity contribution in [3.05, 3.63) is 41.5 Å². The Bertz CT molecular complexity index is 420. The molecule has 0 aliphatic carbocycles. The summed E-state index contributed by atoms with van der Waals surface area (Å²) in [5.74, 6) is 0.00144. The number of aryl methyl sites for hydroxylation is 1. The molecule has 2 heteroatoms. The van der Waals surface area contributed by atoms with Crippen LogP contribution in [0.2, 0.25) is 0 Å². The summed E-state index contributed by atoms with van der Waals surface area (Å²) in [4.78, 5) is 11.7. The summed E-state index contributed by atoms with van der Waals surface area (Å²) in [6.07, 6.45) is 12.4. The number of amides is 1. The minimum absolute atomic E-state index is 0.00144. The summed E-state index contributed by atoms with van der Waals surface area (Å²) in [7, 11) is 0. The SMILES string of the molecule is CCCCCCCCCNC(=O)/C=C/c1ccc(C)cc1. The number of carbonyl (C=O) groups is 1. The summed E-state index contributed by atoms with van der Waals surface area (Å²) in [6.45, 7) is 5.08. The quantitative estimate of drug-likeness (QED) is 0.482. The summed E-state index contributed by atoms with van der Waals surface area (Å²) < 4.78 is 0. The van der Waals surface area contributed by atoms with E-state index in [0.717, 1.165) is 18.5 Å². The number of hydrogen-bond acceptors (Lipinski definition) is 1. The molecule has 0 fully saturated rings. The van der Waals surface area contributed by atoms with Crippen LogP contribution in [-0.2, 0) is 4.79 Å². The maximum absolute atomic E-state index is 11.7. The summed E-state index contributed by atoms with van der Waals surface area (Å²) in [6, 6.07) is 8.15. The molecular formula is C19H29NO. The molecule has 0 unspecified atom stereocenters. The average molecular weight is 287 g/mol. The molecular weight excluding hydrogens is 258 g/mol. The average Bonchev–Trinajstić information content (AvgIpc) is 2.49. The molecule has 21 heavy (non-hydrogen) atoms. The van der Waals surface area contributed by atoms with Crippen LogP contribution in [0.15, 0.2) is 30.3 Å². The Hall–Kier alpha value is -1.57. The smallest absolute Gasteiger partial charge is 0.243 e. The maximum atomic E-state index is 11.7. The first-order chi connectivity index (χ1) is 10.2. The van der Waals surface area contributed by atoms with Gasteiger partial charge in [-0.15, -0.1) is 0 Å². The van der Waals surface area contributed by atoms with Gasteiger partial charge in [0.25, 0.3) is 0 Å². The Labute approximate surface area is 129 Å². The molecule has 0 heterocycles. The molecule has 0 aliphatic rings. The monoisotopic (exact) mass is 287 g/mol. The zero-order valence-corrected chi connectivity index (χ0v) is 13.5. The molecule has 0 aromatic heterocycles. The van der Waals surface area contributed by atoms with Gasteiger partial charge in [-0.2, -0.15) is 0 Å². The van der Waals surface area contributed by atoms with Crippen LogP contribution < -0.4 is 5.32 Å². The molecule has 1 aromatic rings. The number of unbranched alkanes of at least 4 members (excludes halogenated alkanes) is 6. The van der Waals surface area contributed by atoms with Gasteiger partial charge in [0.1, 0.15) is 0 Å². The standard InChI is InChI=1S/C19H29NO/c1-3-4-5-6-7-8-9-16-20-19(21)15-14-18-12-10-17(2)11-13-18/h10-15H,3-9,16H2,1-2H3,(H,20,21)/b15-14+.